The van der Waals surface area contributed by atoms with E-state index in [0.29, 0.717) is 0 Å². The SMILES string of the molecule is C=CC(=O)OC(=O)C=CCCCC. The average Bonchev–Trinajstić information content (AvgIpc) is 2.12. The van der Waals surface area contributed by atoms with Gasteiger partial charge in [0.15, 0.2) is 0 Å². The average molecular weight is 182 g/mol. The zero-order chi connectivity index (χ0) is 10.1. The fourth-order valence-corrected chi connectivity index (χ4v) is 0.676. The van der Waals surface area contributed by atoms with Crippen molar-refractivity contribution in [3.63, 3.8) is 0 Å². The minimum absolute atomic E-state index is 0.638. The van der Waals surface area contributed by atoms with E-state index in [4.69, 9.17) is 0 Å². The first-order valence-corrected chi connectivity index (χ1v) is 4.25. The summed E-state index contributed by atoms with van der Waals surface area (Å²) in [6, 6.07) is 0. The summed E-state index contributed by atoms with van der Waals surface area (Å²) in [4.78, 5) is 21.3. The molecule has 0 fully saturated rings. The van der Waals surface area contributed by atoms with Gasteiger partial charge in [0.25, 0.3) is 0 Å². The lowest BCUT2D eigenvalue weighted by atomic mass is 10.2. The maximum atomic E-state index is 10.8. The van der Waals surface area contributed by atoms with E-state index in [-0.39, 0.29) is 0 Å². The van der Waals surface area contributed by atoms with Gasteiger partial charge in [-0.15, -0.1) is 0 Å². The fourth-order valence-electron chi connectivity index (χ4n) is 0.676. The molecule has 0 heterocycles. The van der Waals surface area contributed by atoms with Crippen LogP contribution in [0.25, 0.3) is 0 Å². The Hall–Kier alpha value is -1.38. The molecular formula is C10H14O3. The second kappa shape index (κ2) is 7.28. The van der Waals surface area contributed by atoms with Gasteiger partial charge in [-0.2, -0.15) is 0 Å². The summed E-state index contributed by atoms with van der Waals surface area (Å²) in [5.41, 5.74) is 0. The van der Waals surface area contributed by atoms with Crippen molar-refractivity contribution in [2.75, 3.05) is 0 Å². The third-order valence-corrected chi connectivity index (χ3v) is 1.35. The standard InChI is InChI=1S/C10H14O3/c1-3-5-6-7-8-10(12)13-9(11)4-2/h4,7-8H,2-3,5-6H2,1H3. The predicted molar refractivity (Wildman–Crippen MR) is 50.0 cm³/mol. The summed E-state index contributed by atoms with van der Waals surface area (Å²) in [5, 5.41) is 0. The molecule has 0 aromatic carbocycles. The van der Waals surface area contributed by atoms with E-state index in [1.807, 2.05) is 0 Å². The van der Waals surface area contributed by atoms with Gasteiger partial charge in [-0.05, 0) is 6.42 Å². The van der Waals surface area contributed by atoms with Gasteiger partial charge in [-0.3, -0.25) is 0 Å². The number of allylic oxidation sites excluding steroid dienone is 1. The van der Waals surface area contributed by atoms with Crippen molar-refractivity contribution < 1.29 is 14.3 Å². The molecule has 0 saturated carbocycles. The molecule has 0 N–H and O–H groups in total. The molecule has 0 saturated heterocycles. The van der Waals surface area contributed by atoms with Crippen LogP contribution >= 0.6 is 0 Å². The Kier molecular flexibility index (Phi) is 6.51. The van der Waals surface area contributed by atoms with Crippen LogP contribution in [0.15, 0.2) is 24.8 Å². The van der Waals surface area contributed by atoms with Crippen LogP contribution in [0.5, 0.6) is 0 Å². The van der Waals surface area contributed by atoms with Crippen LogP contribution < -0.4 is 0 Å². The van der Waals surface area contributed by atoms with Gasteiger partial charge >= 0.3 is 11.9 Å². The Bertz CT molecular complexity index is 216. The van der Waals surface area contributed by atoms with Gasteiger partial charge in [0.2, 0.25) is 0 Å². The lowest BCUT2D eigenvalue weighted by Crippen LogP contribution is -2.06. The Labute approximate surface area is 78.1 Å². The predicted octanol–water partition coefficient (Wildman–Crippen LogP) is 1.99. The highest BCUT2D eigenvalue weighted by Gasteiger charge is 2.00. The Morgan fingerprint density at radius 2 is 2.08 bits per heavy atom. The van der Waals surface area contributed by atoms with Crippen LogP contribution in [0.1, 0.15) is 26.2 Å². The molecule has 0 aliphatic carbocycles. The summed E-state index contributed by atoms with van der Waals surface area (Å²) in [7, 11) is 0. The van der Waals surface area contributed by atoms with Crippen LogP contribution in [0.2, 0.25) is 0 Å². The lowest BCUT2D eigenvalue weighted by molar-refractivity contribution is -0.152. The second-order valence-electron chi connectivity index (χ2n) is 2.49. The number of unbranched alkanes of at least 4 members (excludes halogenated alkanes) is 2. The smallest absolute Gasteiger partial charge is 0.338 e. The van der Waals surface area contributed by atoms with Crippen molar-refractivity contribution in [2.45, 2.75) is 26.2 Å². The summed E-state index contributed by atoms with van der Waals surface area (Å²) in [6.07, 6.45) is 6.84. The molecule has 0 aliphatic heterocycles. The topological polar surface area (TPSA) is 43.4 Å². The van der Waals surface area contributed by atoms with Crippen LogP contribution in [-0.4, -0.2) is 11.9 Å². The van der Waals surface area contributed by atoms with Gasteiger partial charge < -0.3 is 4.74 Å². The molecule has 0 aromatic heterocycles. The second-order valence-corrected chi connectivity index (χ2v) is 2.49. The molecule has 13 heavy (non-hydrogen) atoms. The molecule has 0 atom stereocenters. The normalized spacial score (nSPS) is 9.92. The number of esters is 2. The Balaban J connectivity index is 3.67. The number of hydrogen-bond acceptors (Lipinski definition) is 3. The van der Waals surface area contributed by atoms with Crippen molar-refractivity contribution >= 4 is 11.9 Å². The first-order chi connectivity index (χ1) is 6.20. The number of carbonyl (C=O) groups excluding carboxylic acids is 2. The highest BCUT2D eigenvalue weighted by atomic mass is 16.6. The van der Waals surface area contributed by atoms with Gasteiger partial charge in [0.1, 0.15) is 0 Å². The first-order valence-electron chi connectivity index (χ1n) is 4.25. The minimum Gasteiger partial charge on any atom is -0.387 e. The molecule has 72 valence electrons. The monoisotopic (exact) mass is 182 g/mol. The summed E-state index contributed by atoms with van der Waals surface area (Å²) in [5.74, 6) is -1.36. The van der Waals surface area contributed by atoms with Crippen LogP contribution in [-0.2, 0) is 14.3 Å². The summed E-state index contributed by atoms with van der Waals surface area (Å²) >= 11 is 0. The van der Waals surface area contributed by atoms with Gasteiger partial charge in [0, 0.05) is 12.2 Å². The highest BCUT2D eigenvalue weighted by molar-refractivity contribution is 5.96. The van der Waals surface area contributed by atoms with Crippen molar-refractivity contribution in [3.8, 4) is 0 Å². The third-order valence-electron chi connectivity index (χ3n) is 1.35. The molecule has 0 spiro atoms. The van der Waals surface area contributed by atoms with E-state index in [1.54, 1.807) is 6.08 Å². The molecule has 3 heteroatoms. The van der Waals surface area contributed by atoms with Crippen LogP contribution in [0.4, 0.5) is 0 Å². The molecule has 0 radical (unpaired) electrons. The Morgan fingerprint density at radius 1 is 1.38 bits per heavy atom. The number of rotatable bonds is 5. The molecule has 0 amide bonds. The molecule has 0 aliphatic rings. The Morgan fingerprint density at radius 3 is 2.62 bits per heavy atom. The van der Waals surface area contributed by atoms with E-state index < -0.39 is 11.9 Å². The van der Waals surface area contributed by atoms with Crippen LogP contribution in [0, 0.1) is 0 Å². The van der Waals surface area contributed by atoms with Gasteiger partial charge in [0.05, 0.1) is 0 Å². The minimum atomic E-state index is -0.717. The summed E-state index contributed by atoms with van der Waals surface area (Å²) in [6.45, 7) is 5.24. The fraction of sp³-hybridized carbons (Fsp3) is 0.400. The van der Waals surface area contributed by atoms with Crippen molar-refractivity contribution in [3.05, 3.63) is 24.8 Å². The summed E-state index contributed by atoms with van der Waals surface area (Å²) < 4.78 is 4.30. The molecule has 0 aromatic rings. The number of ether oxygens (including phenoxy) is 1. The van der Waals surface area contributed by atoms with Gasteiger partial charge in [-0.25, -0.2) is 9.59 Å². The molecular weight excluding hydrogens is 168 g/mol. The maximum Gasteiger partial charge on any atom is 0.338 e. The largest absolute Gasteiger partial charge is 0.387 e. The van der Waals surface area contributed by atoms with E-state index in [2.05, 4.69) is 18.2 Å². The molecule has 0 bridgehead atoms. The lowest BCUT2D eigenvalue weighted by Gasteiger charge is -1.93. The first kappa shape index (κ1) is 11.6. The van der Waals surface area contributed by atoms with Crippen molar-refractivity contribution in [1.82, 2.24) is 0 Å². The zero-order valence-electron chi connectivity index (χ0n) is 7.79. The van der Waals surface area contributed by atoms with Crippen molar-refractivity contribution in [2.24, 2.45) is 0 Å². The molecule has 0 unspecified atom stereocenters. The van der Waals surface area contributed by atoms with Gasteiger partial charge in [-0.1, -0.05) is 32.4 Å². The highest BCUT2D eigenvalue weighted by Crippen LogP contribution is 1.95. The van der Waals surface area contributed by atoms with E-state index in [9.17, 15) is 9.59 Å². The van der Waals surface area contributed by atoms with E-state index in [0.717, 1.165) is 25.3 Å². The number of hydrogen-bond donors (Lipinski definition) is 0. The van der Waals surface area contributed by atoms with E-state index >= 15 is 0 Å². The van der Waals surface area contributed by atoms with Crippen molar-refractivity contribution in [1.29, 1.82) is 0 Å². The molecule has 0 rings (SSSR count). The van der Waals surface area contributed by atoms with Crippen LogP contribution in [0.3, 0.4) is 0 Å². The van der Waals surface area contributed by atoms with E-state index in [1.165, 1.54) is 6.08 Å². The molecule has 3 nitrogen and oxygen atoms in total. The quantitative estimate of drug-likeness (QED) is 0.282. The number of carbonyl (C=O) groups is 2. The zero-order valence-corrected chi connectivity index (χ0v) is 7.79. The third kappa shape index (κ3) is 7.00. The maximum absolute atomic E-state index is 10.8.